The van der Waals surface area contributed by atoms with Crippen LogP contribution in [0.2, 0.25) is 10.0 Å². The van der Waals surface area contributed by atoms with Crippen LogP contribution in [-0.2, 0) is 0 Å². The van der Waals surface area contributed by atoms with Crippen molar-refractivity contribution in [2.45, 2.75) is 13.8 Å². The molecule has 0 aliphatic rings. The number of benzene rings is 1. The topological polar surface area (TPSA) is 15.3 Å². The Hall–Kier alpha value is -0.440. The maximum atomic E-state index is 5.91. The van der Waals surface area contributed by atoms with Gasteiger partial charge in [0.2, 0.25) is 0 Å². The molecule has 4 heteroatoms. The van der Waals surface area contributed by atoms with E-state index >= 15 is 0 Å². The van der Waals surface area contributed by atoms with Gasteiger partial charge in [-0.3, -0.25) is 0 Å². The number of anilines is 1. The summed E-state index contributed by atoms with van der Waals surface area (Å²) in [5, 5.41) is 4.64. The second-order valence-corrected chi connectivity index (χ2v) is 4.48. The number of nitrogens with one attached hydrogen (secondary N) is 1. The van der Waals surface area contributed by atoms with E-state index in [9.17, 15) is 0 Å². The lowest BCUT2D eigenvalue weighted by Gasteiger charge is -2.18. The van der Waals surface area contributed by atoms with Gasteiger partial charge >= 0.3 is 0 Å². The van der Waals surface area contributed by atoms with E-state index in [0.717, 1.165) is 31.9 Å². The Bertz CT molecular complexity index is 305. The minimum Gasteiger partial charge on any atom is -0.384 e. The van der Waals surface area contributed by atoms with E-state index in [1.807, 2.05) is 12.1 Å². The molecule has 1 N–H and O–H groups in total. The second kappa shape index (κ2) is 7.00. The SMILES string of the molecule is CCN(CC)CCNc1cc(Cl)cc(Cl)c1. The maximum absolute atomic E-state index is 5.91. The number of rotatable bonds is 6. The molecule has 1 aromatic rings. The highest BCUT2D eigenvalue weighted by molar-refractivity contribution is 6.35. The van der Waals surface area contributed by atoms with Crippen molar-refractivity contribution in [3.05, 3.63) is 28.2 Å². The summed E-state index contributed by atoms with van der Waals surface area (Å²) in [6.45, 7) is 8.41. The van der Waals surface area contributed by atoms with Crippen molar-refractivity contribution in [1.29, 1.82) is 0 Å². The largest absolute Gasteiger partial charge is 0.384 e. The minimum atomic E-state index is 0.665. The Morgan fingerprint density at radius 2 is 1.62 bits per heavy atom. The van der Waals surface area contributed by atoms with E-state index in [0.29, 0.717) is 10.0 Å². The van der Waals surface area contributed by atoms with Gasteiger partial charge in [-0.15, -0.1) is 0 Å². The molecule has 0 amide bonds. The zero-order valence-corrected chi connectivity index (χ0v) is 11.3. The molecule has 2 nitrogen and oxygen atoms in total. The van der Waals surface area contributed by atoms with Crippen LogP contribution in [0.15, 0.2) is 18.2 Å². The molecule has 0 atom stereocenters. The van der Waals surface area contributed by atoms with Crippen LogP contribution < -0.4 is 5.32 Å². The monoisotopic (exact) mass is 260 g/mol. The lowest BCUT2D eigenvalue weighted by Crippen LogP contribution is -2.28. The summed E-state index contributed by atoms with van der Waals surface area (Å²) in [6.07, 6.45) is 0. The van der Waals surface area contributed by atoms with E-state index in [2.05, 4.69) is 24.1 Å². The predicted octanol–water partition coefficient (Wildman–Crippen LogP) is 3.75. The highest BCUT2D eigenvalue weighted by Gasteiger charge is 2.00. The molecule has 0 unspecified atom stereocenters. The zero-order valence-electron chi connectivity index (χ0n) is 9.76. The van der Waals surface area contributed by atoms with Crippen LogP contribution in [0.1, 0.15) is 13.8 Å². The Labute approximate surface area is 108 Å². The van der Waals surface area contributed by atoms with Crippen molar-refractivity contribution < 1.29 is 0 Å². The molecule has 0 aliphatic carbocycles. The molecule has 1 aromatic carbocycles. The van der Waals surface area contributed by atoms with Crippen molar-refractivity contribution >= 4 is 28.9 Å². The van der Waals surface area contributed by atoms with E-state index in [4.69, 9.17) is 23.2 Å². The first-order valence-corrected chi connectivity index (χ1v) is 6.33. The molecule has 0 spiro atoms. The van der Waals surface area contributed by atoms with Crippen molar-refractivity contribution in [1.82, 2.24) is 4.90 Å². The first-order chi connectivity index (χ1) is 7.65. The van der Waals surface area contributed by atoms with Crippen molar-refractivity contribution in [2.75, 3.05) is 31.5 Å². The van der Waals surface area contributed by atoms with Crippen LogP contribution in [0, 0.1) is 0 Å². The lowest BCUT2D eigenvalue weighted by atomic mass is 10.3. The Morgan fingerprint density at radius 3 is 2.12 bits per heavy atom. The van der Waals surface area contributed by atoms with Crippen LogP contribution in [0.5, 0.6) is 0 Å². The molecule has 0 heterocycles. The Morgan fingerprint density at radius 1 is 1.06 bits per heavy atom. The predicted molar refractivity (Wildman–Crippen MR) is 72.7 cm³/mol. The molecule has 1 rings (SSSR count). The Balaban J connectivity index is 2.42. The molecule has 0 aromatic heterocycles. The van der Waals surface area contributed by atoms with Gasteiger partial charge in [-0.1, -0.05) is 37.0 Å². The van der Waals surface area contributed by atoms with E-state index in [1.54, 1.807) is 6.07 Å². The van der Waals surface area contributed by atoms with Crippen LogP contribution >= 0.6 is 23.2 Å². The molecule has 0 fully saturated rings. The zero-order chi connectivity index (χ0) is 12.0. The fraction of sp³-hybridized carbons (Fsp3) is 0.500. The summed E-state index contributed by atoms with van der Waals surface area (Å²) < 4.78 is 0. The first kappa shape index (κ1) is 13.6. The van der Waals surface area contributed by atoms with E-state index in [-0.39, 0.29) is 0 Å². The highest BCUT2D eigenvalue weighted by atomic mass is 35.5. The summed E-state index contributed by atoms with van der Waals surface area (Å²) in [7, 11) is 0. The van der Waals surface area contributed by atoms with Crippen LogP contribution in [0.25, 0.3) is 0 Å². The molecule has 0 bridgehead atoms. The smallest absolute Gasteiger partial charge is 0.0441 e. The molecule has 0 radical (unpaired) electrons. The third-order valence-corrected chi connectivity index (χ3v) is 2.95. The van der Waals surface area contributed by atoms with Gasteiger partial charge in [0.25, 0.3) is 0 Å². The summed E-state index contributed by atoms with van der Waals surface area (Å²) >= 11 is 11.8. The third-order valence-electron chi connectivity index (χ3n) is 2.51. The maximum Gasteiger partial charge on any atom is 0.0441 e. The third kappa shape index (κ3) is 4.60. The average Bonchev–Trinajstić information content (AvgIpc) is 2.23. The molecule has 0 aliphatic heterocycles. The van der Waals surface area contributed by atoms with Crippen LogP contribution in [0.3, 0.4) is 0 Å². The van der Waals surface area contributed by atoms with E-state index in [1.165, 1.54) is 0 Å². The molecular formula is C12H18Cl2N2. The average molecular weight is 261 g/mol. The number of hydrogen-bond donors (Lipinski definition) is 1. The lowest BCUT2D eigenvalue weighted by molar-refractivity contribution is 0.316. The van der Waals surface area contributed by atoms with Crippen molar-refractivity contribution in [2.24, 2.45) is 0 Å². The summed E-state index contributed by atoms with van der Waals surface area (Å²) in [6, 6.07) is 5.50. The highest BCUT2D eigenvalue weighted by Crippen LogP contribution is 2.22. The Kier molecular flexibility index (Phi) is 5.96. The number of nitrogens with zero attached hydrogens (tertiary/aromatic N) is 1. The van der Waals surface area contributed by atoms with Gasteiger partial charge in [-0.2, -0.15) is 0 Å². The van der Waals surface area contributed by atoms with E-state index < -0.39 is 0 Å². The van der Waals surface area contributed by atoms with Gasteiger partial charge in [0.1, 0.15) is 0 Å². The first-order valence-electron chi connectivity index (χ1n) is 5.58. The van der Waals surface area contributed by atoms with Gasteiger partial charge < -0.3 is 10.2 Å². The molecular weight excluding hydrogens is 243 g/mol. The number of hydrogen-bond acceptors (Lipinski definition) is 2. The molecule has 16 heavy (non-hydrogen) atoms. The molecule has 90 valence electrons. The summed E-state index contributed by atoms with van der Waals surface area (Å²) in [5.41, 5.74) is 0.977. The van der Waals surface area contributed by atoms with Crippen LogP contribution in [0.4, 0.5) is 5.69 Å². The van der Waals surface area contributed by atoms with Crippen molar-refractivity contribution in [3.63, 3.8) is 0 Å². The molecule has 0 saturated heterocycles. The fourth-order valence-corrected chi connectivity index (χ4v) is 2.08. The number of halogens is 2. The normalized spacial score (nSPS) is 10.8. The second-order valence-electron chi connectivity index (χ2n) is 3.61. The van der Waals surface area contributed by atoms with Gasteiger partial charge in [0.15, 0.2) is 0 Å². The summed E-state index contributed by atoms with van der Waals surface area (Å²) in [5.74, 6) is 0. The van der Waals surface area contributed by atoms with Gasteiger partial charge in [-0.05, 0) is 31.3 Å². The van der Waals surface area contributed by atoms with Crippen molar-refractivity contribution in [3.8, 4) is 0 Å². The van der Waals surface area contributed by atoms with Gasteiger partial charge in [0.05, 0.1) is 0 Å². The minimum absolute atomic E-state index is 0.665. The van der Waals surface area contributed by atoms with Gasteiger partial charge in [0, 0.05) is 28.8 Å². The van der Waals surface area contributed by atoms with Crippen LogP contribution in [-0.4, -0.2) is 31.1 Å². The van der Waals surface area contributed by atoms with Gasteiger partial charge in [-0.25, -0.2) is 0 Å². The summed E-state index contributed by atoms with van der Waals surface area (Å²) in [4.78, 5) is 2.36. The quantitative estimate of drug-likeness (QED) is 0.839. The molecule has 0 saturated carbocycles. The fourth-order valence-electron chi connectivity index (χ4n) is 1.55. The number of likely N-dealkylation sites (N-methyl/N-ethyl adjacent to an activating group) is 1. The standard InChI is InChI=1S/C12H18Cl2N2/c1-3-16(4-2)6-5-15-12-8-10(13)7-11(14)9-12/h7-9,15H,3-6H2,1-2H3.